The van der Waals surface area contributed by atoms with Crippen LogP contribution in [0, 0.1) is 0 Å². The topological polar surface area (TPSA) is 87.5 Å². The lowest BCUT2D eigenvalue weighted by atomic mass is 10.3. The van der Waals surface area contributed by atoms with Crippen molar-refractivity contribution in [2.75, 3.05) is 37.2 Å². The average Bonchev–Trinajstić information content (AvgIpc) is 2.56. The molecule has 2 amide bonds. The monoisotopic (exact) mass is 262 g/mol. The number of nitrogens with zero attached hydrogens (tertiary/aromatic N) is 1. The number of rotatable bonds is 3. The van der Waals surface area contributed by atoms with E-state index in [4.69, 9.17) is 5.73 Å². The molecule has 1 aromatic rings. The van der Waals surface area contributed by atoms with E-state index in [9.17, 15) is 9.59 Å². The molecule has 1 heterocycles. The fourth-order valence-corrected chi connectivity index (χ4v) is 1.97. The smallest absolute Gasteiger partial charge is 0.238 e. The van der Waals surface area contributed by atoms with Crippen LogP contribution in [0.2, 0.25) is 0 Å². The SMILES string of the molecule is Nc1ccc(NC(=O)CN2CCCNC(=O)C2)cc1. The molecule has 0 aromatic heterocycles. The Morgan fingerprint density at radius 1 is 1.37 bits per heavy atom. The zero-order chi connectivity index (χ0) is 13.7. The highest BCUT2D eigenvalue weighted by Crippen LogP contribution is 2.10. The van der Waals surface area contributed by atoms with E-state index in [1.807, 2.05) is 4.90 Å². The third-order valence-electron chi connectivity index (χ3n) is 2.90. The lowest BCUT2D eigenvalue weighted by Crippen LogP contribution is -2.38. The number of carbonyl (C=O) groups is 2. The van der Waals surface area contributed by atoms with Crippen LogP contribution in [0.5, 0.6) is 0 Å². The summed E-state index contributed by atoms with van der Waals surface area (Å²) in [7, 11) is 0. The highest BCUT2D eigenvalue weighted by molar-refractivity contribution is 5.92. The predicted octanol–water partition coefficient (Wildman–Crippen LogP) is 0.0292. The van der Waals surface area contributed by atoms with Crippen LogP contribution in [0.3, 0.4) is 0 Å². The van der Waals surface area contributed by atoms with Crippen molar-refractivity contribution in [3.05, 3.63) is 24.3 Å². The second-order valence-electron chi connectivity index (χ2n) is 4.58. The molecule has 0 atom stereocenters. The minimum absolute atomic E-state index is 0.0298. The zero-order valence-electron chi connectivity index (χ0n) is 10.7. The Hall–Kier alpha value is -2.08. The second-order valence-corrected chi connectivity index (χ2v) is 4.58. The number of carbonyl (C=O) groups excluding carboxylic acids is 2. The minimum Gasteiger partial charge on any atom is -0.399 e. The van der Waals surface area contributed by atoms with Gasteiger partial charge in [0.15, 0.2) is 0 Å². The van der Waals surface area contributed by atoms with Gasteiger partial charge in [0.1, 0.15) is 0 Å². The summed E-state index contributed by atoms with van der Waals surface area (Å²) >= 11 is 0. The molecule has 1 saturated heterocycles. The normalized spacial score (nSPS) is 16.5. The number of nitrogens with two attached hydrogens (primary N) is 1. The predicted molar refractivity (Wildman–Crippen MR) is 73.6 cm³/mol. The molecule has 2 rings (SSSR count). The molecular weight excluding hydrogens is 244 g/mol. The fourth-order valence-electron chi connectivity index (χ4n) is 1.97. The number of benzene rings is 1. The first-order valence-corrected chi connectivity index (χ1v) is 6.28. The average molecular weight is 262 g/mol. The number of hydrogen-bond donors (Lipinski definition) is 3. The standard InChI is InChI=1S/C13H18N4O2/c14-10-2-4-11(5-3-10)16-13(19)9-17-7-1-6-15-12(18)8-17/h2-5H,1,6-9,14H2,(H,15,18)(H,16,19). The van der Waals surface area contributed by atoms with E-state index in [1.54, 1.807) is 24.3 Å². The largest absolute Gasteiger partial charge is 0.399 e. The Morgan fingerprint density at radius 2 is 2.11 bits per heavy atom. The van der Waals surface area contributed by atoms with Crippen molar-refractivity contribution in [1.82, 2.24) is 10.2 Å². The van der Waals surface area contributed by atoms with Crippen molar-refractivity contribution in [2.24, 2.45) is 0 Å². The van der Waals surface area contributed by atoms with Gasteiger partial charge in [0.05, 0.1) is 13.1 Å². The summed E-state index contributed by atoms with van der Waals surface area (Å²) in [6.45, 7) is 1.91. The van der Waals surface area contributed by atoms with Crippen molar-refractivity contribution in [1.29, 1.82) is 0 Å². The molecule has 4 N–H and O–H groups in total. The van der Waals surface area contributed by atoms with Gasteiger partial charge in [-0.2, -0.15) is 0 Å². The first kappa shape index (κ1) is 13.4. The zero-order valence-corrected chi connectivity index (χ0v) is 10.7. The van der Waals surface area contributed by atoms with E-state index in [0.717, 1.165) is 13.0 Å². The molecule has 1 aliphatic rings. The molecule has 19 heavy (non-hydrogen) atoms. The van der Waals surface area contributed by atoms with Crippen molar-refractivity contribution in [3.8, 4) is 0 Å². The summed E-state index contributed by atoms with van der Waals surface area (Å²) < 4.78 is 0. The van der Waals surface area contributed by atoms with Crippen LogP contribution >= 0.6 is 0 Å². The van der Waals surface area contributed by atoms with Gasteiger partial charge >= 0.3 is 0 Å². The van der Waals surface area contributed by atoms with Crippen LogP contribution in [0.1, 0.15) is 6.42 Å². The summed E-state index contributed by atoms with van der Waals surface area (Å²) in [4.78, 5) is 25.1. The minimum atomic E-state index is -0.125. The van der Waals surface area contributed by atoms with Gasteiger partial charge < -0.3 is 16.4 Å². The summed E-state index contributed by atoms with van der Waals surface area (Å²) in [5, 5.41) is 5.56. The quantitative estimate of drug-likeness (QED) is 0.671. The third-order valence-corrected chi connectivity index (χ3v) is 2.90. The maximum absolute atomic E-state index is 11.9. The van der Waals surface area contributed by atoms with Crippen molar-refractivity contribution in [3.63, 3.8) is 0 Å². The van der Waals surface area contributed by atoms with Gasteiger partial charge in [-0.15, -0.1) is 0 Å². The van der Waals surface area contributed by atoms with Crippen LogP contribution in [-0.4, -0.2) is 42.9 Å². The van der Waals surface area contributed by atoms with Crippen molar-refractivity contribution >= 4 is 23.2 Å². The summed E-state index contributed by atoms with van der Waals surface area (Å²) in [6, 6.07) is 6.97. The maximum Gasteiger partial charge on any atom is 0.238 e. The number of hydrogen-bond acceptors (Lipinski definition) is 4. The van der Waals surface area contributed by atoms with Crippen molar-refractivity contribution in [2.45, 2.75) is 6.42 Å². The molecule has 6 heteroatoms. The highest BCUT2D eigenvalue weighted by atomic mass is 16.2. The Bertz CT molecular complexity index is 458. The van der Waals surface area contributed by atoms with Crippen LogP contribution in [0.15, 0.2) is 24.3 Å². The van der Waals surface area contributed by atoms with E-state index in [-0.39, 0.29) is 24.9 Å². The molecule has 1 aliphatic heterocycles. The summed E-state index contributed by atoms with van der Waals surface area (Å²) in [5.74, 6) is -0.155. The molecule has 0 radical (unpaired) electrons. The van der Waals surface area contributed by atoms with Gasteiger partial charge in [-0.25, -0.2) is 0 Å². The highest BCUT2D eigenvalue weighted by Gasteiger charge is 2.17. The lowest BCUT2D eigenvalue weighted by molar-refractivity contribution is -0.122. The van der Waals surface area contributed by atoms with Gasteiger partial charge in [0, 0.05) is 24.5 Å². The Balaban J connectivity index is 1.86. The molecular formula is C13H18N4O2. The lowest BCUT2D eigenvalue weighted by Gasteiger charge is -2.17. The third kappa shape index (κ3) is 4.26. The van der Waals surface area contributed by atoms with Crippen LogP contribution in [-0.2, 0) is 9.59 Å². The second kappa shape index (κ2) is 6.19. The van der Waals surface area contributed by atoms with E-state index in [1.165, 1.54) is 0 Å². The van der Waals surface area contributed by atoms with Crippen LogP contribution in [0.4, 0.5) is 11.4 Å². The van der Waals surface area contributed by atoms with Crippen LogP contribution < -0.4 is 16.4 Å². The fraction of sp³-hybridized carbons (Fsp3) is 0.385. The van der Waals surface area contributed by atoms with Gasteiger partial charge in [0.2, 0.25) is 11.8 Å². The maximum atomic E-state index is 11.9. The number of nitrogen functional groups attached to an aromatic ring is 1. The van der Waals surface area contributed by atoms with E-state index >= 15 is 0 Å². The molecule has 0 unspecified atom stereocenters. The Kier molecular flexibility index (Phi) is 4.35. The van der Waals surface area contributed by atoms with Crippen LogP contribution in [0.25, 0.3) is 0 Å². The van der Waals surface area contributed by atoms with Crippen molar-refractivity contribution < 1.29 is 9.59 Å². The molecule has 0 spiro atoms. The first-order chi connectivity index (χ1) is 9.13. The van der Waals surface area contributed by atoms with Gasteiger partial charge in [-0.05, 0) is 30.7 Å². The molecule has 1 fully saturated rings. The number of anilines is 2. The molecule has 0 aliphatic carbocycles. The molecule has 102 valence electrons. The molecule has 1 aromatic carbocycles. The van der Waals surface area contributed by atoms with Gasteiger partial charge in [-0.3, -0.25) is 14.5 Å². The summed E-state index contributed by atoms with van der Waals surface area (Å²) in [6.07, 6.45) is 0.862. The molecule has 0 saturated carbocycles. The first-order valence-electron chi connectivity index (χ1n) is 6.28. The number of amides is 2. The van der Waals surface area contributed by atoms with E-state index < -0.39 is 0 Å². The van der Waals surface area contributed by atoms with E-state index in [0.29, 0.717) is 17.9 Å². The van der Waals surface area contributed by atoms with Gasteiger partial charge in [0.25, 0.3) is 0 Å². The summed E-state index contributed by atoms with van der Waals surface area (Å²) in [5.41, 5.74) is 6.94. The Labute approximate surface area is 112 Å². The molecule has 6 nitrogen and oxygen atoms in total. The Morgan fingerprint density at radius 3 is 2.84 bits per heavy atom. The molecule has 0 bridgehead atoms. The van der Waals surface area contributed by atoms with E-state index in [2.05, 4.69) is 10.6 Å². The van der Waals surface area contributed by atoms with Gasteiger partial charge in [-0.1, -0.05) is 0 Å². The number of nitrogens with one attached hydrogen (secondary N) is 2.